The molecule has 0 spiro atoms. The maximum atomic E-state index is 11.4. The molecule has 1 aliphatic rings. The Bertz CT molecular complexity index is 173. The molecule has 8 heavy (non-hydrogen) atoms. The molecule has 0 aromatic rings. The Hall–Kier alpha value is -1.19. The van der Waals surface area contributed by atoms with Gasteiger partial charge in [-0.3, -0.25) is 4.79 Å². The quantitative estimate of drug-likeness (QED) is 0.441. The van der Waals surface area contributed by atoms with Crippen molar-refractivity contribution in [3.63, 3.8) is 0 Å². The van der Waals surface area contributed by atoms with Crippen LogP contribution in [0.25, 0.3) is 0 Å². The van der Waals surface area contributed by atoms with Gasteiger partial charge in [0.2, 0.25) is 0 Å². The molecule has 0 atom stereocenters. The maximum Gasteiger partial charge on any atom is 0.277 e. The molecule has 4 heteroatoms. The normalized spacial score (nSPS) is 22.1. The van der Waals surface area contributed by atoms with Gasteiger partial charge in [-0.05, 0) is 0 Å². The second kappa shape index (κ2) is 1.73. The molecule has 42 valence electrons. The summed E-state index contributed by atoms with van der Waals surface area (Å²) < 4.78 is 11.4. The lowest BCUT2D eigenvalue weighted by Crippen LogP contribution is -2.14. The number of carbonyl (C=O) groups is 1. The number of amides is 1. The van der Waals surface area contributed by atoms with Crippen molar-refractivity contribution < 1.29 is 9.18 Å². The zero-order valence-corrected chi connectivity index (χ0v) is 3.89. The number of nitrogens with one attached hydrogen (secondary N) is 1. The third-order valence-corrected chi connectivity index (χ3v) is 0.735. The van der Waals surface area contributed by atoms with Crippen LogP contribution in [0.3, 0.4) is 0 Å². The molecule has 0 saturated carbocycles. The molecule has 1 N–H and O–H groups in total. The third kappa shape index (κ3) is 0.598. The molecule has 0 aromatic carbocycles. The van der Waals surface area contributed by atoms with Crippen LogP contribution in [-0.2, 0) is 4.79 Å². The topological polar surface area (TPSA) is 41.5 Å². The molecule has 0 aromatic heterocycles. The van der Waals surface area contributed by atoms with Crippen LogP contribution in [0.15, 0.2) is 17.0 Å². The highest BCUT2D eigenvalue weighted by molar-refractivity contribution is 6.04. The molecule has 1 aliphatic heterocycles. The highest BCUT2D eigenvalue weighted by atomic mass is 19.1. The van der Waals surface area contributed by atoms with Gasteiger partial charge in [0, 0.05) is 0 Å². The predicted octanol–water partition coefficient (Wildman–Crippen LogP) is -0.0446. The first-order chi connectivity index (χ1) is 3.84. The number of hydrogen-bond acceptors (Lipinski definition) is 2. The Balaban J connectivity index is 2.82. The summed E-state index contributed by atoms with van der Waals surface area (Å²) >= 11 is 0. The van der Waals surface area contributed by atoms with Gasteiger partial charge in [0.05, 0.1) is 6.34 Å². The summed E-state index contributed by atoms with van der Waals surface area (Å²) in [4.78, 5) is 13.6. The van der Waals surface area contributed by atoms with Crippen molar-refractivity contribution in [3.8, 4) is 0 Å². The van der Waals surface area contributed by atoms with Crippen LogP contribution in [0.2, 0.25) is 0 Å². The van der Waals surface area contributed by atoms with Crippen molar-refractivity contribution in [3.05, 3.63) is 12.0 Å². The van der Waals surface area contributed by atoms with Gasteiger partial charge in [-0.25, -0.2) is 9.38 Å². The van der Waals surface area contributed by atoms with Crippen LogP contribution >= 0.6 is 0 Å². The number of rotatable bonds is 0. The largest absolute Gasteiger partial charge is 0.311 e. The molecule has 0 bridgehead atoms. The third-order valence-electron chi connectivity index (χ3n) is 0.735. The Morgan fingerprint density at radius 3 is 2.88 bits per heavy atom. The van der Waals surface area contributed by atoms with Crippen LogP contribution in [0.4, 0.5) is 4.39 Å². The Kier molecular flexibility index (Phi) is 1.07. The van der Waals surface area contributed by atoms with E-state index in [9.17, 15) is 9.18 Å². The highest BCUT2D eigenvalue weighted by Crippen LogP contribution is 1.99. The van der Waals surface area contributed by atoms with Crippen molar-refractivity contribution in [2.75, 3.05) is 0 Å². The van der Waals surface area contributed by atoms with E-state index in [4.69, 9.17) is 0 Å². The second-order valence-corrected chi connectivity index (χ2v) is 1.23. The number of nitrogens with zero attached hydrogens (tertiary/aromatic N) is 1. The standard InChI is InChI=1S/C4H3FN2O/c5-1-3-4(8)7-2-6-3/h1-2H,(H,6,7,8)/b3-1-. The van der Waals surface area contributed by atoms with E-state index in [-0.39, 0.29) is 12.0 Å². The molecule has 0 aliphatic carbocycles. The monoisotopic (exact) mass is 114 g/mol. The summed E-state index contributed by atoms with van der Waals surface area (Å²) in [6, 6.07) is 0. The Labute approximate surface area is 44.9 Å². The summed E-state index contributed by atoms with van der Waals surface area (Å²) in [6.07, 6.45) is 1.31. The van der Waals surface area contributed by atoms with Gasteiger partial charge in [-0.1, -0.05) is 0 Å². The average Bonchev–Trinajstić information content (AvgIpc) is 2.14. The van der Waals surface area contributed by atoms with Crippen molar-refractivity contribution in [2.45, 2.75) is 0 Å². The molecule has 0 radical (unpaired) electrons. The molecule has 0 fully saturated rings. The van der Waals surface area contributed by atoms with Gasteiger partial charge in [0.25, 0.3) is 5.91 Å². The lowest BCUT2D eigenvalue weighted by molar-refractivity contribution is -0.115. The van der Waals surface area contributed by atoms with E-state index in [1.165, 1.54) is 0 Å². The first kappa shape index (κ1) is 4.96. The first-order valence-electron chi connectivity index (χ1n) is 1.98. The number of hydrogen-bond donors (Lipinski definition) is 1. The fourth-order valence-corrected chi connectivity index (χ4v) is 0.371. The summed E-state index contributed by atoms with van der Waals surface area (Å²) in [5, 5.41) is 2.18. The lowest BCUT2D eigenvalue weighted by Gasteiger charge is -1.81. The SMILES string of the molecule is O=C1NC=N/C1=C\F. The summed E-state index contributed by atoms with van der Waals surface area (Å²) in [5.41, 5.74) is -0.176. The van der Waals surface area contributed by atoms with Crippen LogP contribution in [0.1, 0.15) is 0 Å². The van der Waals surface area contributed by atoms with Crippen LogP contribution < -0.4 is 5.32 Å². The zero-order valence-electron chi connectivity index (χ0n) is 3.89. The maximum absolute atomic E-state index is 11.4. The molecule has 1 amide bonds. The lowest BCUT2D eigenvalue weighted by atomic mass is 10.5. The Morgan fingerprint density at radius 1 is 1.88 bits per heavy atom. The Morgan fingerprint density at radius 2 is 2.62 bits per heavy atom. The minimum absolute atomic E-state index is 0.166. The summed E-state index contributed by atoms with van der Waals surface area (Å²) in [6.45, 7) is 0. The van der Waals surface area contributed by atoms with Crippen molar-refractivity contribution in [1.29, 1.82) is 0 Å². The van der Waals surface area contributed by atoms with Gasteiger partial charge in [0.1, 0.15) is 6.33 Å². The molecule has 0 saturated heterocycles. The zero-order chi connectivity index (χ0) is 5.98. The number of aliphatic imine (C=N–C) groups is 1. The van der Waals surface area contributed by atoms with E-state index >= 15 is 0 Å². The number of carbonyl (C=O) groups excluding carboxylic acids is 1. The number of halogens is 1. The molecular weight excluding hydrogens is 111 g/mol. The van der Waals surface area contributed by atoms with Gasteiger partial charge < -0.3 is 5.32 Å². The van der Waals surface area contributed by atoms with E-state index in [1.54, 1.807) is 0 Å². The fraction of sp³-hybridized carbons (Fsp3) is 0. The van der Waals surface area contributed by atoms with Gasteiger partial charge >= 0.3 is 0 Å². The first-order valence-corrected chi connectivity index (χ1v) is 1.98. The van der Waals surface area contributed by atoms with Crippen LogP contribution in [0.5, 0.6) is 0 Å². The fourth-order valence-electron chi connectivity index (χ4n) is 0.371. The summed E-state index contributed by atoms with van der Waals surface area (Å²) in [7, 11) is 0. The van der Waals surface area contributed by atoms with Gasteiger partial charge in [0.15, 0.2) is 5.70 Å². The predicted molar refractivity (Wildman–Crippen MR) is 25.8 cm³/mol. The molecular formula is C4H3FN2O. The van der Waals surface area contributed by atoms with Gasteiger partial charge in [-0.15, -0.1) is 0 Å². The van der Waals surface area contributed by atoms with Crippen molar-refractivity contribution in [1.82, 2.24) is 5.32 Å². The van der Waals surface area contributed by atoms with Crippen LogP contribution in [-0.4, -0.2) is 12.2 Å². The molecule has 1 rings (SSSR count). The van der Waals surface area contributed by atoms with E-state index in [0.717, 1.165) is 6.34 Å². The van der Waals surface area contributed by atoms with Gasteiger partial charge in [-0.2, -0.15) is 0 Å². The summed E-state index contributed by atoms with van der Waals surface area (Å²) in [5.74, 6) is -0.493. The van der Waals surface area contributed by atoms with E-state index in [0.29, 0.717) is 0 Å². The smallest absolute Gasteiger partial charge is 0.277 e. The highest BCUT2D eigenvalue weighted by Gasteiger charge is 2.10. The van der Waals surface area contributed by atoms with Crippen molar-refractivity contribution >= 4 is 12.2 Å². The molecule has 1 heterocycles. The van der Waals surface area contributed by atoms with E-state index < -0.39 is 5.91 Å². The average molecular weight is 114 g/mol. The van der Waals surface area contributed by atoms with E-state index in [2.05, 4.69) is 10.3 Å². The van der Waals surface area contributed by atoms with E-state index in [1.807, 2.05) is 0 Å². The van der Waals surface area contributed by atoms with Crippen LogP contribution in [0, 0.1) is 0 Å². The minimum atomic E-state index is -0.493. The minimum Gasteiger partial charge on any atom is -0.311 e. The second-order valence-electron chi connectivity index (χ2n) is 1.23. The molecule has 3 nitrogen and oxygen atoms in total. The molecule has 0 unspecified atom stereocenters. The van der Waals surface area contributed by atoms with Crippen molar-refractivity contribution in [2.24, 2.45) is 4.99 Å².